The van der Waals surface area contributed by atoms with Gasteiger partial charge in [0.25, 0.3) is 0 Å². The van der Waals surface area contributed by atoms with Crippen molar-refractivity contribution >= 4 is 23.2 Å². The number of fused-ring (bicyclic) bond motifs is 1. The molecule has 0 radical (unpaired) electrons. The van der Waals surface area contributed by atoms with Gasteiger partial charge in [-0.2, -0.15) is 4.68 Å². The first-order valence-electron chi connectivity index (χ1n) is 10.1. The van der Waals surface area contributed by atoms with Gasteiger partial charge in [0.05, 0.1) is 24.0 Å². The van der Waals surface area contributed by atoms with Crippen LogP contribution in [-0.2, 0) is 6.54 Å². The molecule has 5 aromatic rings. The van der Waals surface area contributed by atoms with E-state index in [0.29, 0.717) is 33.4 Å². The number of nitrogens with one attached hydrogen (secondary N) is 1. The van der Waals surface area contributed by atoms with Crippen molar-refractivity contribution in [2.24, 2.45) is 0 Å². The molecule has 0 aliphatic carbocycles. The van der Waals surface area contributed by atoms with Gasteiger partial charge >= 0.3 is 11.6 Å². The van der Waals surface area contributed by atoms with Crippen LogP contribution < -0.4 is 16.4 Å². The monoisotopic (exact) mass is 462 g/mol. The van der Waals surface area contributed by atoms with Crippen molar-refractivity contribution < 1.29 is 9.37 Å². The molecular formula is C23H18ClFN7O+. The van der Waals surface area contributed by atoms with Crippen molar-refractivity contribution in [2.45, 2.75) is 13.5 Å². The molecule has 164 valence electrons. The van der Waals surface area contributed by atoms with Crippen LogP contribution in [0.25, 0.3) is 28.0 Å². The molecule has 0 atom stereocenters. The van der Waals surface area contributed by atoms with Crippen LogP contribution in [-0.4, -0.2) is 24.1 Å². The van der Waals surface area contributed by atoms with Crippen LogP contribution in [0.15, 0.2) is 65.6 Å². The maximum Gasteiger partial charge on any atom is 0.411 e. The van der Waals surface area contributed by atoms with Crippen molar-refractivity contribution in [3.63, 3.8) is 0 Å². The highest BCUT2D eigenvalue weighted by Gasteiger charge is 2.26. The molecular weight excluding hydrogens is 445 g/mol. The molecule has 0 spiro atoms. The highest BCUT2D eigenvalue weighted by Crippen LogP contribution is 2.33. The van der Waals surface area contributed by atoms with Gasteiger partial charge in [0.2, 0.25) is 5.65 Å². The Bertz CT molecular complexity index is 1530. The van der Waals surface area contributed by atoms with E-state index >= 15 is 0 Å². The summed E-state index contributed by atoms with van der Waals surface area (Å²) in [4.78, 5) is 24.6. The summed E-state index contributed by atoms with van der Waals surface area (Å²) >= 11 is 6.26. The normalized spacial score (nSPS) is 11.2. The molecule has 0 saturated heterocycles. The second-order valence-electron chi connectivity index (χ2n) is 7.51. The van der Waals surface area contributed by atoms with E-state index in [4.69, 9.17) is 17.3 Å². The number of hydrogen-bond acceptors (Lipinski definition) is 5. The van der Waals surface area contributed by atoms with Gasteiger partial charge < -0.3 is 0 Å². The Kier molecular flexibility index (Phi) is 5.10. The second kappa shape index (κ2) is 8.10. The molecule has 0 aliphatic rings. The van der Waals surface area contributed by atoms with E-state index in [2.05, 4.69) is 20.1 Å². The molecule has 0 fully saturated rings. The molecule has 1 aromatic carbocycles. The second-order valence-corrected chi connectivity index (χ2v) is 7.90. The standard InChI is InChI=1S/C23H17ClFN7O/c1-13-9-15(10-18(24)28-13)19-20(14-5-3-2-4-6-14)29-22(26)32-21(19)30-31(23(32)33)12-17-8-7-16(25)11-27-17/h2-11H,12H2,1H3,(H2,26,29)/p+1. The summed E-state index contributed by atoms with van der Waals surface area (Å²) in [6, 6.07) is 15.9. The van der Waals surface area contributed by atoms with Crippen LogP contribution in [0.5, 0.6) is 0 Å². The number of aromatic amines is 1. The lowest BCUT2D eigenvalue weighted by molar-refractivity contribution is -0.351. The number of aromatic nitrogens is 6. The minimum Gasteiger partial charge on any atom is -0.290 e. The van der Waals surface area contributed by atoms with Gasteiger partial charge in [-0.1, -0.05) is 41.9 Å². The Morgan fingerprint density at radius 1 is 1.12 bits per heavy atom. The number of anilines is 1. The van der Waals surface area contributed by atoms with E-state index in [0.717, 1.165) is 17.3 Å². The smallest absolute Gasteiger partial charge is 0.290 e. The molecule has 4 aromatic heterocycles. The number of aryl methyl sites for hydroxylation is 1. The summed E-state index contributed by atoms with van der Waals surface area (Å²) in [5.74, 6) is -0.340. The van der Waals surface area contributed by atoms with Gasteiger partial charge in [-0.05, 0) is 36.8 Å². The van der Waals surface area contributed by atoms with E-state index in [1.165, 1.54) is 21.2 Å². The first-order chi connectivity index (χ1) is 15.9. The molecule has 3 N–H and O–H groups in total. The lowest BCUT2D eigenvalue weighted by atomic mass is 10.0. The van der Waals surface area contributed by atoms with Gasteiger partial charge in [0.15, 0.2) is 0 Å². The lowest BCUT2D eigenvalue weighted by Crippen LogP contribution is -2.28. The Balaban J connectivity index is 1.81. The summed E-state index contributed by atoms with van der Waals surface area (Å²) < 4.78 is 15.8. The number of hydrogen-bond donors (Lipinski definition) is 1. The Morgan fingerprint density at radius 3 is 2.61 bits per heavy atom. The van der Waals surface area contributed by atoms with Crippen LogP contribution in [0.4, 0.5) is 10.3 Å². The number of nitrogens with zero attached hydrogens (tertiary/aromatic N) is 5. The molecule has 8 nitrogen and oxygen atoms in total. The van der Waals surface area contributed by atoms with Crippen molar-refractivity contribution in [1.29, 1.82) is 0 Å². The molecule has 0 aliphatic heterocycles. The third-order valence-corrected chi connectivity index (χ3v) is 5.37. The lowest BCUT2D eigenvalue weighted by Gasteiger charge is -2.10. The Morgan fingerprint density at radius 2 is 1.91 bits per heavy atom. The predicted molar refractivity (Wildman–Crippen MR) is 122 cm³/mol. The molecule has 4 heterocycles. The van der Waals surface area contributed by atoms with E-state index in [-0.39, 0.29) is 12.5 Å². The average Bonchev–Trinajstić information content (AvgIpc) is 3.11. The van der Waals surface area contributed by atoms with E-state index in [1.807, 2.05) is 43.3 Å². The third-order valence-electron chi connectivity index (χ3n) is 5.18. The summed E-state index contributed by atoms with van der Waals surface area (Å²) in [5.41, 5.74) is 10.3. The summed E-state index contributed by atoms with van der Waals surface area (Å²) in [5, 5.41) is 4.90. The minimum absolute atomic E-state index is 0.0521. The zero-order valence-corrected chi connectivity index (χ0v) is 18.2. The van der Waals surface area contributed by atoms with Crippen LogP contribution in [0.3, 0.4) is 0 Å². The highest BCUT2D eigenvalue weighted by atomic mass is 35.5. The number of pyridine rings is 2. The number of rotatable bonds is 4. The van der Waals surface area contributed by atoms with Gasteiger partial charge in [-0.15, -0.1) is 9.50 Å². The zero-order valence-electron chi connectivity index (χ0n) is 17.5. The summed E-state index contributed by atoms with van der Waals surface area (Å²) in [7, 11) is 0. The highest BCUT2D eigenvalue weighted by molar-refractivity contribution is 6.29. The molecule has 0 bridgehead atoms. The van der Waals surface area contributed by atoms with E-state index in [9.17, 15) is 9.18 Å². The fraction of sp³-hybridized carbons (Fsp3) is 0.0870. The van der Waals surface area contributed by atoms with Gasteiger partial charge in [0.1, 0.15) is 16.7 Å². The topological polar surface area (TPSA) is 105 Å². The van der Waals surface area contributed by atoms with Crippen molar-refractivity contribution in [1.82, 2.24) is 24.1 Å². The van der Waals surface area contributed by atoms with Crippen molar-refractivity contribution in [2.75, 3.05) is 5.73 Å². The first kappa shape index (κ1) is 20.8. The van der Waals surface area contributed by atoms with Crippen molar-refractivity contribution in [3.8, 4) is 22.4 Å². The van der Waals surface area contributed by atoms with Crippen LogP contribution in [0.1, 0.15) is 11.4 Å². The van der Waals surface area contributed by atoms with Gasteiger partial charge in [-0.25, -0.2) is 19.2 Å². The fourth-order valence-corrected chi connectivity index (χ4v) is 4.02. The van der Waals surface area contributed by atoms with E-state index in [1.54, 1.807) is 6.07 Å². The van der Waals surface area contributed by atoms with Crippen LogP contribution in [0.2, 0.25) is 5.15 Å². The first-order valence-corrected chi connectivity index (χ1v) is 10.4. The SMILES string of the molecule is Cc1cc(-c2c(-c3ccccc3)[nH+]c(N)n3c(=O)n(Cc4ccc(F)cn4)nc23)cc(Cl)n1. The minimum atomic E-state index is -0.459. The van der Waals surface area contributed by atoms with Crippen LogP contribution >= 0.6 is 11.6 Å². The number of H-pyrrole nitrogens is 1. The Hall–Kier alpha value is -4.11. The quantitative estimate of drug-likeness (QED) is 0.413. The summed E-state index contributed by atoms with van der Waals surface area (Å²) in [6.45, 7) is 1.89. The number of benzene rings is 1. The predicted octanol–water partition coefficient (Wildman–Crippen LogP) is 3.17. The van der Waals surface area contributed by atoms with E-state index < -0.39 is 11.5 Å². The maximum absolute atomic E-state index is 13.2. The van der Waals surface area contributed by atoms with Gasteiger partial charge in [-0.3, -0.25) is 10.7 Å². The molecule has 0 unspecified atom stereocenters. The largest absolute Gasteiger partial charge is 0.411 e. The fourth-order valence-electron chi connectivity index (χ4n) is 3.77. The molecule has 0 saturated carbocycles. The number of nitrogens with two attached hydrogens (primary N) is 1. The molecule has 10 heteroatoms. The maximum atomic E-state index is 13.2. The van der Waals surface area contributed by atoms with Crippen molar-refractivity contribution in [3.05, 3.63) is 93.6 Å². The number of nitrogen functional groups attached to an aromatic ring is 1. The zero-order chi connectivity index (χ0) is 23.1. The third kappa shape index (κ3) is 3.83. The Labute approximate surface area is 192 Å². The molecule has 5 rings (SSSR count). The molecule has 0 amide bonds. The average molecular weight is 463 g/mol. The van der Waals surface area contributed by atoms with Gasteiger partial charge in [0, 0.05) is 11.3 Å². The number of halogens is 2. The summed E-state index contributed by atoms with van der Waals surface area (Å²) in [6.07, 6.45) is 1.10. The molecule has 33 heavy (non-hydrogen) atoms. The van der Waals surface area contributed by atoms with Crippen LogP contribution in [0, 0.1) is 12.7 Å².